The predicted octanol–water partition coefficient (Wildman–Crippen LogP) is 5.27. The normalized spacial score (nSPS) is 11.7. The second-order valence-electron chi connectivity index (χ2n) is 5.67. The molecule has 23 heavy (non-hydrogen) atoms. The van der Waals surface area contributed by atoms with Gasteiger partial charge in [-0.3, -0.25) is 4.79 Å². The number of rotatable bonds is 2. The summed E-state index contributed by atoms with van der Waals surface area (Å²) in [4.78, 5) is 12.4. The first-order valence-electron chi connectivity index (χ1n) is 7.49. The molecule has 0 saturated heterocycles. The third-order valence-electron chi connectivity index (χ3n) is 4.14. The van der Waals surface area contributed by atoms with Crippen molar-refractivity contribution in [2.24, 2.45) is 0 Å². The van der Waals surface area contributed by atoms with Crippen molar-refractivity contribution in [3.63, 3.8) is 0 Å². The maximum Gasteiger partial charge on any atom is 0.255 e. The zero-order valence-electron chi connectivity index (χ0n) is 12.3. The molecule has 0 heterocycles. The van der Waals surface area contributed by atoms with E-state index in [1.807, 2.05) is 30.3 Å². The van der Waals surface area contributed by atoms with Crippen LogP contribution >= 0.6 is 15.9 Å². The first-order valence-corrected chi connectivity index (χ1v) is 8.28. The molecule has 1 aliphatic carbocycles. The van der Waals surface area contributed by atoms with E-state index in [0.29, 0.717) is 5.56 Å². The molecule has 3 aromatic rings. The van der Waals surface area contributed by atoms with Gasteiger partial charge in [-0.2, -0.15) is 0 Å². The maximum atomic E-state index is 12.4. The van der Waals surface area contributed by atoms with Gasteiger partial charge in [-0.25, -0.2) is 0 Å². The van der Waals surface area contributed by atoms with Crippen LogP contribution in [-0.4, -0.2) is 5.91 Å². The maximum absolute atomic E-state index is 12.4. The fourth-order valence-electron chi connectivity index (χ4n) is 3.06. The van der Waals surface area contributed by atoms with Crippen LogP contribution in [0.5, 0.6) is 0 Å². The Kier molecular flexibility index (Phi) is 3.50. The first kappa shape index (κ1) is 14.2. The zero-order chi connectivity index (χ0) is 15.8. The van der Waals surface area contributed by atoms with Crippen molar-refractivity contribution in [1.82, 2.24) is 0 Å². The van der Waals surface area contributed by atoms with Crippen LogP contribution in [0.1, 0.15) is 21.5 Å². The van der Waals surface area contributed by atoms with Gasteiger partial charge in [0.15, 0.2) is 0 Å². The SMILES string of the molecule is O=C(Nc1ccc2c(c1)Cc1ccccc1-2)c1cccc(Br)c1. The topological polar surface area (TPSA) is 29.1 Å². The second-order valence-corrected chi connectivity index (χ2v) is 6.59. The zero-order valence-corrected chi connectivity index (χ0v) is 13.9. The smallest absolute Gasteiger partial charge is 0.255 e. The quantitative estimate of drug-likeness (QED) is 0.516. The fraction of sp³-hybridized carbons (Fsp3) is 0.0500. The summed E-state index contributed by atoms with van der Waals surface area (Å²) in [6.45, 7) is 0. The molecule has 0 unspecified atom stereocenters. The summed E-state index contributed by atoms with van der Waals surface area (Å²) in [6.07, 6.45) is 0.923. The van der Waals surface area contributed by atoms with Gasteiger partial charge in [-0.15, -0.1) is 0 Å². The Labute approximate surface area is 143 Å². The van der Waals surface area contributed by atoms with Gasteiger partial charge in [0.2, 0.25) is 0 Å². The minimum absolute atomic E-state index is 0.0956. The van der Waals surface area contributed by atoms with E-state index in [1.54, 1.807) is 0 Å². The molecule has 112 valence electrons. The number of hydrogen-bond donors (Lipinski definition) is 1. The Hall–Kier alpha value is -2.39. The lowest BCUT2D eigenvalue weighted by atomic mass is 10.1. The monoisotopic (exact) mass is 363 g/mol. The molecule has 0 saturated carbocycles. The number of fused-ring (bicyclic) bond motifs is 3. The van der Waals surface area contributed by atoms with Gasteiger partial charge in [0.1, 0.15) is 0 Å². The molecule has 0 fully saturated rings. The Morgan fingerprint density at radius 1 is 0.870 bits per heavy atom. The number of anilines is 1. The lowest BCUT2D eigenvalue weighted by molar-refractivity contribution is 0.102. The van der Waals surface area contributed by atoms with Gasteiger partial charge in [0.25, 0.3) is 5.91 Å². The van der Waals surface area contributed by atoms with E-state index >= 15 is 0 Å². The van der Waals surface area contributed by atoms with Crippen molar-refractivity contribution in [3.8, 4) is 11.1 Å². The van der Waals surface area contributed by atoms with E-state index in [2.05, 4.69) is 57.6 Å². The second kappa shape index (κ2) is 5.67. The minimum Gasteiger partial charge on any atom is -0.322 e. The number of carbonyl (C=O) groups excluding carboxylic acids is 1. The standard InChI is InChI=1S/C20H14BrNO/c21-16-6-3-5-14(11-16)20(23)22-17-8-9-19-15(12-17)10-13-4-1-2-7-18(13)19/h1-9,11-12H,10H2,(H,22,23). The van der Waals surface area contributed by atoms with Gasteiger partial charge in [-0.05, 0) is 59.0 Å². The number of amides is 1. The molecule has 0 bridgehead atoms. The van der Waals surface area contributed by atoms with E-state index in [-0.39, 0.29) is 5.91 Å². The number of benzene rings is 3. The van der Waals surface area contributed by atoms with Crippen LogP contribution in [0, 0.1) is 0 Å². The first-order chi connectivity index (χ1) is 11.2. The minimum atomic E-state index is -0.0956. The van der Waals surface area contributed by atoms with Crippen LogP contribution in [0.2, 0.25) is 0 Å². The lowest BCUT2D eigenvalue weighted by Gasteiger charge is -2.08. The number of hydrogen-bond acceptors (Lipinski definition) is 1. The molecule has 0 aliphatic heterocycles. The highest BCUT2D eigenvalue weighted by Gasteiger charge is 2.18. The predicted molar refractivity (Wildman–Crippen MR) is 96.8 cm³/mol. The van der Waals surface area contributed by atoms with Crippen LogP contribution in [-0.2, 0) is 6.42 Å². The van der Waals surface area contributed by atoms with E-state index in [4.69, 9.17) is 0 Å². The lowest BCUT2D eigenvalue weighted by Crippen LogP contribution is -2.11. The highest BCUT2D eigenvalue weighted by atomic mass is 79.9. The fourth-order valence-corrected chi connectivity index (χ4v) is 3.46. The van der Waals surface area contributed by atoms with Crippen molar-refractivity contribution >= 4 is 27.5 Å². The Balaban J connectivity index is 1.60. The Morgan fingerprint density at radius 3 is 2.57 bits per heavy atom. The van der Waals surface area contributed by atoms with Gasteiger partial charge < -0.3 is 5.32 Å². The van der Waals surface area contributed by atoms with Gasteiger partial charge in [0, 0.05) is 15.7 Å². The van der Waals surface area contributed by atoms with E-state index < -0.39 is 0 Å². The molecule has 0 spiro atoms. The summed E-state index contributed by atoms with van der Waals surface area (Å²) in [5, 5.41) is 2.98. The summed E-state index contributed by atoms with van der Waals surface area (Å²) in [5.74, 6) is -0.0956. The van der Waals surface area contributed by atoms with Gasteiger partial charge >= 0.3 is 0 Å². The summed E-state index contributed by atoms with van der Waals surface area (Å²) in [7, 11) is 0. The van der Waals surface area contributed by atoms with Crippen LogP contribution in [0.4, 0.5) is 5.69 Å². The summed E-state index contributed by atoms with van der Waals surface area (Å²) in [5.41, 5.74) is 6.65. The van der Waals surface area contributed by atoms with Crippen molar-refractivity contribution in [1.29, 1.82) is 0 Å². The summed E-state index contributed by atoms with van der Waals surface area (Å²) < 4.78 is 0.898. The van der Waals surface area contributed by atoms with Crippen LogP contribution in [0.3, 0.4) is 0 Å². The molecule has 1 amide bonds. The summed E-state index contributed by atoms with van der Waals surface area (Å²) in [6, 6.07) is 22.0. The van der Waals surface area contributed by atoms with E-state index in [1.165, 1.54) is 22.3 Å². The molecule has 3 heteroatoms. The molecule has 0 atom stereocenters. The molecule has 1 aliphatic rings. The third-order valence-corrected chi connectivity index (χ3v) is 4.63. The highest BCUT2D eigenvalue weighted by molar-refractivity contribution is 9.10. The van der Waals surface area contributed by atoms with Crippen LogP contribution in [0.15, 0.2) is 71.2 Å². The molecular weight excluding hydrogens is 350 g/mol. The molecule has 0 radical (unpaired) electrons. The number of halogens is 1. The number of nitrogens with one attached hydrogen (secondary N) is 1. The average molecular weight is 364 g/mol. The largest absolute Gasteiger partial charge is 0.322 e. The van der Waals surface area contributed by atoms with E-state index in [9.17, 15) is 4.79 Å². The van der Waals surface area contributed by atoms with Gasteiger partial charge in [-0.1, -0.05) is 52.3 Å². The Bertz CT molecular complexity index is 917. The summed E-state index contributed by atoms with van der Waals surface area (Å²) >= 11 is 3.39. The van der Waals surface area contributed by atoms with Crippen molar-refractivity contribution in [3.05, 3.63) is 87.9 Å². The number of carbonyl (C=O) groups is 1. The molecule has 2 nitrogen and oxygen atoms in total. The molecule has 1 N–H and O–H groups in total. The molecule has 0 aromatic heterocycles. The van der Waals surface area contributed by atoms with Crippen molar-refractivity contribution < 1.29 is 4.79 Å². The van der Waals surface area contributed by atoms with Crippen molar-refractivity contribution in [2.75, 3.05) is 5.32 Å². The molecule has 3 aromatic carbocycles. The van der Waals surface area contributed by atoms with Crippen LogP contribution < -0.4 is 5.32 Å². The third kappa shape index (κ3) is 2.68. The average Bonchev–Trinajstić information content (AvgIpc) is 2.92. The van der Waals surface area contributed by atoms with E-state index in [0.717, 1.165) is 16.6 Å². The van der Waals surface area contributed by atoms with Gasteiger partial charge in [0.05, 0.1) is 0 Å². The Morgan fingerprint density at radius 2 is 1.70 bits per heavy atom. The highest BCUT2D eigenvalue weighted by Crippen LogP contribution is 2.37. The molecule has 4 rings (SSSR count). The molecular formula is C20H14BrNO. The van der Waals surface area contributed by atoms with Crippen LogP contribution in [0.25, 0.3) is 11.1 Å². The van der Waals surface area contributed by atoms with Crippen molar-refractivity contribution in [2.45, 2.75) is 6.42 Å².